The van der Waals surface area contributed by atoms with Crippen molar-refractivity contribution in [1.29, 1.82) is 0 Å². The molecular formula is C19H27N5O2. The number of hydrogen-bond acceptors (Lipinski definition) is 4. The predicted octanol–water partition coefficient (Wildman–Crippen LogP) is 1.16. The minimum absolute atomic E-state index is 0.0338. The molecule has 7 nitrogen and oxygen atoms in total. The maximum Gasteiger partial charge on any atom is 0.238 e. The summed E-state index contributed by atoms with van der Waals surface area (Å²) in [6.07, 6.45) is 0.963. The second-order valence-electron chi connectivity index (χ2n) is 7.00. The van der Waals surface area contributed by atoms with Crippen LogP contribution in [0.5, 0.6) is 0 Å². The topological polar surface area (TPSA) is 81.3 Å². The number of imidazole rings is 1. The molecule has 1 aliphatic heterocycles. The van der Waals surface area contributed by atoms with Crippen LogP contribution in [0.2, 0.25) is 0 Å². The molecule has 2 amide bonds. The highest BCUT2D eigenvalue weighted by Crippen LogP contribution is 2.16. The lowest BCUT2D eigenvalue weighted by molar-refractivity contribution is -0.139. The number of likely N-dealkylation sites (N-methyl/N-ethyl adjacent to an activating group) is 1. The van der Waals surface area contributed by atoms with Gasteiger partial charge in [-0.25, -0.2) is 4.98 Å². The van der Waals surface area contributed by atoms with Crippen molar-refractivity contribution < 1.29 is 9.59 Å². The number of para-hydroxylation sites is 2. The molecule has 140 valence electrons. The molecule has 7 heteroatoms. The molecule has 3 rings (SSSR count). The summed E-state index contributed by atoms with van der Waals surface area (Å²) < 4.78 is 0. The maximum atomic E-state index is 12.7. The maximum absolute atomic E-state index is 12.7. The first kappa shape index (κ1) is 18.4. The van der Waals surface area contributed by atoms with E-state index in [1.165, 1.54) is 0 Å². The summed E-state index contributed by atoms with van der Waals surface area (Å²) >= 11 is 0. The van der Waals surface area contributed by atoms with Crippen LogP contribution in [0.25, 0.3) is 11.0 Å². The Balaban J connectivity index is 1.61. The van der Waals surface area contributed by atoms with Crippen LogP contribution in [-0.4, -0.2) is 70.3 Å². The van der Waals surface area contributed by atoms with Gasteiger partial charge >= 0.3 is 0 Å². The van der Waals surface area contributed by atoms with Crippen LogP contribution >= 0.6 is 0 Å². The molecule has 1 fully saturated rings. The van der Waals surface area contributed by atoms with Crippen molar-refractivity contribution in [2.45, 2.75) is 38.8 Å². The van der Waals surface area contributed by atoms with E-state index in [9.17, 15) is 9.59 Å². The Morgan fingerprint density at radius 1 is 1.31 bits per heavy atom. The molecule has 1 aliphatic rings. The van der Waals surface area contributed by atoms with Crippen molar-refractivity contribution in [3.8, 4) is 0 Å². The zero-order valence-electron chi connectivity index (χ0n) is 15.7. The van der Waals surface area contributed by atoms with E-state index in [0.29, 0.717) is 32.5 Å². The number of carbonyl (C=O) groups is 2. The lowest BCUT2D eigenvalue weighted by atomic mass is 10.1. The molecule has 1 aromatic heterocycles. The van der Waals surface area contributed by atoms with E-state index in [1.807, 2.05) is 24.3 Å². The van der Waals surface area contributed by atoms with Gasteiger partial charge in [-0.15, -0.1) is 0 Å². The number of piperazine rings is 1. The number of fused-ring (bicyclic) bond motifs is 1. The molecule has 1 atom stereocenters. The van der Waals surface area contributed by atoms with Crippen LogP contribution in [0, 0.1) is 0 Å². The number of H-pyrrole nitrogens is 1. The van der Waals surface area contributed by atoms with Gasteiger partial charge in [0.05, 0.1) is 11.0 Å². The van der Waals surface area contributed by atoms with E-state index in [2.05, 4.69) is 34.0 Å². The molecule has 2 N–H and O–H groups in total. The molecule has 2 heterocycles. The van der Waals surface area contributed by atoms with E-state index < -0.39 is 0 Å². The molecule has 26 heavy (non-hydrogen) atoms. The van der Waals surface area contributed by atoms with Crippen molar-refractivity contribution >= 4 is 22.8 Å². The van der Waals surface area contributed by atoms with Crippen molar-refractivity contribution in [1.82, 2.24) is 25.1 Å². The largest absolute Gasteiger partial charge is 0.358 e. The number of benzene rings is 1. The van der Waals surface area contributed by atoms with Crippen molar-refractivity contribution in [2.75, 3.05) is 26.7 Å². The van der Waals surface area contributed by atoms with Gasteiger partial charge in [0.1, 0.15) is 11.9 Å². The Bertz CT molecular complexity index is 752. The first-order valence-electron chi connectivity index (χ1n) is 9.18. The molecule has 2 aromatic rings. The fourth-order valence-electron chi connectivity index (χ4n) is 3.55. The molecule has 1 saturated heterocycles. The fourth-order valence-corrected chi connectivity index (χ4v) is 3.55. The smallest absolute Gasteiger partial charge is 0.238 e. The van der Waals surface area contributed by atoms with Gasteiger partial charge in [0.25, 0.3) is 0 Å². The zero-order valence-corrected chi connectivity index (χ0v) is 15.7. The number of rotatable bonds is 5. The lowest BCUT2D eigenvalue weighted by Crippen LogP contribution is -2.61. The summed E-state index contributed by atoms with van der Waals surface area (Å²) in [6, 6.07) is 7.82. The van der Waals surface area contributed by atoms with E-state index in [0.717, 1.165) is 16.9 Å². The number of aromatic amines is 1. The molecule has 0 spiro atoms. The van der Waals surface area contributed by atoms with E-state index in [-0.39, 0.29) is 23.9 Å². The average Bonchev–Trinajstić information content (AvgIpc) is 3.07. The minimum atomic E-state index is -0.288. The SMILES string of the molecule is CNC(=O)[C@@H]1CN(C(=O)CCc2nc3ccccc3[nH]2)CCN1C(C)C. The molecule has 0 radical (unpaired) electrons. The molecule has 0 bridgehead atoms. The van der Waals surface area contributed by atoms with Gasteiger partial charge in [0.2, 0.25) is 11.8 Å². The van der Waals surface area contributed by atoms with Crippen LogP contribution in [0.1, 0.15) is 26.1 Å². The third-order valence-electron chi connectivity index (χ3n) is 5.00. The standard InChI is InChI=1S/C19H27N5O2/c1-13(2)24-11-10-23(12-16(24)19(26)20-3)18(25)9-8-17-21-14-6-4-5-7-15(14)22-17/h4-7,13,16H,8-12H2,1-3H3,(H,20,26)(H,21,22)/t16-/m0/s1. The molecule has 1 aromatic carbocycles. The van der Waals surface area contributed by atoms with Crippen LogP contribution in [0.4, 0.5) is 0 Å². The van der Waals surface area contributed by atoms with Crippen molar-refractivity contribution in [2.24, 2.45) is 0 Å². The van der Waals surface area contributed by atoms with Crippen molar-refractivity contribution in [3.05, 3.63) is 30.1 Å². The molecule has 0 saturated carbocycles. The van der Waals surface area contributed by atoms with E-state index in [1.54, 1.807) is 11.9 Å². The van der Waals surface area contributed by atoms with Crippen LogP contribution in [0.3, 0.4) is 0 Å². The Morgan fingerprint density at radius 2 is 2.08 bits per heavy atom. The van der Waals surface area contributed by atoms with Crippen molar-refractivity contribution in [3.63, 3.8) is 0 Å². The number of nitrogens with one attached hydrogen (secondary N) is 2. The van der Waals surface area contributed by atoms with Crippen LogP contribution in [0.15, 0.2) is 24.3 Å². The first-order chi connectivity index (χ1) is 12.5. The number of hydrogen-bond donors (Lipinski definition) is 2. The lowest BCUT2D eigenvalue weighted by Gasteiger charge is -2.42. The summed E-state index contributed by atoms with van der Waals surface area (Å²) in [5.74, 6) is 0.861. The van der Waals surface area contributed by atoms with E-state index in [4.69, 9.17) is 0 Å². The third-order valence-corrected chi connectivity index (χ3v) is 5.00. The molecular weight excluding hydrogens is 330 g/mol. The highest BCUT2D eigenvalue weighted by Gasteiger charge is 2.34. The highest BCUT2D eigenvalue weighted by atomic mass is 16.2. The fraction of sp³-hybridized carbons (Fsp3) is 0.526. The monoisotopic (exact) mass is 357 g/mol. The number of amides is 2. The Kier molecular flexibility index (Phi) is 5.56. The van der Waals surface area contributed by atoms with Crippen LogP contribution < -0.4 is 5.32 Å². The van der Waals surface area contributed by atoms with Gasteiger partial charge < -0.3 is 15.2 Å². The second-order valence-corrected chi connectivity index (χ2v) is 7.00. The highest BCUT2D eigenvalue weighted by molar-refractivity contribution is 5.84. The quantitative estimate of drug-likeness (QED) is 0.841. The van der Waals surface area contributed by atoms with Crippen LogP contribution in [-0.2, 0) is 16.0 Å². The van der Waals surface area contributed by atoms with Gasteiger partial charge in [0, 0.05) is 45.6 Å². The summed E-state index contributed by atoms with van der Waals surface area (Å²) in [5, 5.41) is 2.72. The van der Waals surface area contributed by atoms with Gasteiger partial charge in [-0.05, 0) is 26.0 Å². The van der Waals surface area contributed by atoms with Gasteiger partial charge in [-0.2, -0.15) is 0 Å². The molecule has 0 unspecified atom stereocenters. The van der Waals surface area contributed by atoms with Gasteiger partial charge in [0.15, 0.2) is 0 Å². The average molecular weight is 357 g/mol. The summed E-state index contributed by atoms with van der Waals surface area (Å²) in [7, 11) is 1.64. The van der Waals surface area contributed by atoms with Gasteiger partial charge in [-0.1, -0.05) is 12.1 Å². The molecule has 0 aliphatic carbocycles. The Morgan fingerprint density at radius 3 is 2.77 bits per heavy atom. The number of nitrogens with zero attached hydrogens (tertiary/aromatic N) is 3. The number of aromatic nitrogens is 2. The summed E-state index contributed by atoms with van der Waals surface area (Å²) in [5.41, 5.74) is 1.90. The first-order valence-corrected chi connectivity index (χ1v) is 9.18. The summed E-state index contributed by atoms with van der Waals surface area (Å²) in [4.78, 5) is 36.6. The number of aryl methyl sites for hydroxylation is 1. The predicted molar refractivity (Wildman–Crippen MR) is 101 cm³/mol. The summed E-state index contributed by atoms with van der Waals surface area (Å²) in [6.45, 7) is 5.97. The number of carbonyl (C=O) groups excluding carboxylic acids is 2. The minimum Gasteiger partial charge on any atom is -0.358 e. The zero-order chi connectivity index (χ0) is 18.7. The third kappa shape index (κ3) is 3.88. The normalized spacial score (nSPS) is 18.5. The van der Waals surface area contributed by atoms with E-state index >= 15 is 0 Å². The second kappa shape index (κ2) is 7.86. The Hall–Kier alpha value is -2.41. The Labute approximate surface area is 153 Å². The van der Waals surface area contributed by atoms with Gasteiger partial charge in [-0.3, -0.25) is 14.5 Å².